The monoisotopic (exact) mass is 589 g/mol. The minimum atomic E-state index is -1.10. The van der Waals surface area contributed by atoms with Crippen molar-refractivity contribution < 1.29 is 28.6 Å². The van der Waals surface area contributed by atoms with E-state index in [1.54, 1.807) is 25.3 Å². The van der Waals surface area contributed by atoms with Gasteiger partial charge in [0.25, 0.3) is 5.91 Å². The van der Waals surface area contributed by atoms with Crippen LogP contribution in [0.4, 0.5) is 5.00 Å². The van der Waals surface area contributed by atoms with Gasteiger partial charge in [-0.2, -0.15) is 0 Å². The molecule has 1 amide bonds. The summed E-state index contributed by atoms with van der Waals surface area (Å²) in [5, 5.41) is 3.26. The summed E-state index contributed by atoms with van der Waals surface area (Å²) in [6, 6.07) is 12.5. The first-order valence-corrected chi connectivity index (χ1v) is 14.7. The van der Waals surface area contributed by atoms with Gasteiger partial charge in [-0.15, -0.1) is 11.3 Å². The number of fused-ring (bicyclic) bond motifs is 2. The molecule has 5 rings (SSSR count). The second kappa shape index (κ2) is 11.6. The molecule has 2 aromatic heterocycles. The molecule has 2 aromatic carbocycles. The molecule has 10 heteroatoms. The van der Waals surface area contributed by atoms with Gasteiger partial charge in [-0.25, -0.2) is 14.6 Å². The average molecular weight is 590 g/mol. The number of rotatable bonds is 7. The van der Waals surface area contributed by atoms with Crippen molar-refractivity contribution in [3.8, 4) is 17.1 Å². The molecule has 0 bridgehead atoms. The van der Waals surface area contributed by atoms with Gasteiger partial charge in [0.15, 0.2) is 6.10 Å². The number of imidazole rings is 1. The van der Waals surface area contributed by atoms with E-state index in [1.807, 2.05) is 24.3 Å². The summed E-state index contributed by atoms with van der Waals surface area (Å²) in [5.41, 5.74) is 3.97. The Morgan fingerprint density at radius 3 is 2.48 bits per heavy atom. The molecule has 9 nitrogen and oxygen atoms in total. The number of methoxy groups -OCH3 is 2. The summed E-state index contributed by atoms with van der Waals surface area (Å²) in [7, 11) is 2.94. The van der Waals surface area contributed by atoms with Gasteiger partial charge in [0.1, 0.15) is 16.6 Å². The van der Waals surface area contributed by atoms with Crippen LogP contribution >= 0.6 is 11.3 Å². The molecule has 0 spiro atoms. The maximum Gasteiger partial charge on any atom is 0.341 e. The van der Waals surface area contributed by atoms with Crippen molar-refractivity contribution >= 4 is 45.2 Å². The number of esters is 2. The number of hydrogen-bond acceptors (Lipinski definition) is 8. The van der Waals surface area contributed by atoms with E-state index >= 15 is 0 Å². The maximum atomic E-state index is 13.1. The Hall–Kier alpha value is -4.18. The van der Waals surface area contributed by atoms with Crippen LogP contribution in [0.25, 0.3) is 22.4 Å². The summed E-state index contributed by atoms with van der Waals surface area (Å²) < 4.78 is 15.8. The van der Waals surface area contributed by atoms with Crippen LogP contribution in [0.3, 0.4) is 0 Å². The second-order valence-electron chi connectivity index (χ2n) is 11.6. The van der Waals surface area contributed by atoms with Crippen molar-refractivity contribution in [3.05, 3.63) is 64.0 Å². The topological polar surface area (TPSA) is 120 Å². The average Bonchev–Trinajstić information content (AvgIpc) is 3.56. The Bertz CT molecular complexity index is 1650. The lowest BCUT2D eigenvalue weighted by Crippen LogP contribution is -2.30. The van der Waals surface area contributed by atoms with E-state index in [4.69, 9.17) is 14.2 Å². The third kappa shape index (κ3) is 5.90. The number of amides is 1. The largest absolute Gasteiger partial charge is 0.497 e. The van der Waals surface area contributed by atoms with Gasteiger partial charge in [0.05, 0.1) is 36.4 Å². The number of ether oxygens (including phenoxy) is 3. The van der Waals surface area contributed by atoms with Crippen LogP contribution in [-0.2, 0) is 27.1 Å². The molecule has 2 heterocycles. The van der Waals surface area contributed by atoms with Crippen LogP contribution in [0.2, 0.25) is 0 Å². The number of nitrogens with one attached hydrogen (secondary N) is 2. The van der Waals surface area contributed by atoms with Crippen LogP contribution < -0.4 is 10.1 Å². The van der Waals surface area contributed by atoms with E-state index in [0.29, 0.717) is 33.3 Å². The van der Waals surface area contributed by atoms with Crippen molar-refractivity contribution in [2.45, 2.75) is 53.1 Å². The van der Waals surface area contributed by atoms with E-state index in [9.17, 15) is 14.4 Å². The van der Waals surface area contributed by atoms with Crippen molar-refractivity contribution in [3.63, 3.8) is 0 Å². The van der Waals surface area contributed by atoms with E-state index in [-0.39, 0.29) is 11.0 Å². The molecule has 0 aliphatic heterocycles. The molecule has 2 N–H and O–H groups in total. The summed E-state index contributed by atoms with van der Waals surface area (Å²) in [5.74, 6) is 0.212. The fourth-order valence-electron chi connectivity index (χ4n) is 5.25. The Balaban J connectivity index is 1.29. The molecule has 220 valence electrons. The molecule has 0 saturated carbocycles. The predicted octanol–water partition coefficient (Wildman–Crippen LogP) is 6.42. The quantitative estimate of drug-likeness (QED) is 0.239. The van der Waals surface area contributed by atoms with Gasteiger partial charge < -0.3 is 24.5 Å². The third-order valence-electron chi connectivity index (χ3n) is 7.85. The van der Waals surface area contributed by atoms with E-state index in [2.05, 4.69) is 36.1 Å². The number of anilines is 1. The Morgan fingerprint density at radius 1 is 1.07 bits per heavy atom. The first kappa shape index (κ1) is 29.3. The summed E-state index contributed by atoms with van der Waals surface area (Å²) in [6.07, 6.45) is 1.44. The molecule has 2 atom stereocenters. The highest BCUT2D eigenvalue weighted by Crippen LogP contribution is 2.44. The van der Waals surface area contributed by atoms with Crippen molar-refractivity contribution in [1.29, 1.82) is 0 Å². The van der Waals surface area contributed by atoms with Crippen LogP contribution in [0, 0.1) is 11.3 Å². The number of carbonyl (C=O) groups excluding carboxylic acids is 3. The fourth-order valence-corrected chi connectivity index (χ4v) is 6.57. The molecule has 0 saturated heterocycles. The van der Waals surface area contributed by atoms with Crippen LogP contribution in [0.15, 0.2) is 42.5 Å². The number of benzene rings is 2. The molecule has 0 fully saturated rings. The van der Waals surface area contributed by atoms with Crippen molar-refractivity contribution in [1.82, 2.24) is 9.97 Å². The van der Waals surface area contributed by atoms with Gasteiger partial charge in [0.2, 0.25) is 0 Å². The smallest absolute Gasteiger partial charge is 0.341 e. The highest BCUT2D eigenvalue weighted by atomic mass is 32.1. The third-order valence-corrected chi connectivity index (χ3v) is 9.02. The second-order valence-corrected chi connectivity index (χ2v) is 12.7. The number of thiophene rings is 1. The van der Waals surface area contributed by atoms with Crippen molar-refractivity contribution in [2.75, 3.05) is 19.5 Å². The SMILES string of the molecule is COC(=O)c1c(NC(=O)C(C)OC(=O)c2ccc3nc(-c4ccc(OC)cc4)[nH]c3c2)sc2c1CCC(C(C)(C)C)C2. The fraction of sp³-hybridized carbons (Fsp3) is 0.375. The van der Waals surface area contributed by atoms with Crippen LogP contribution in [-0.4, -0.2) is 48.1 Å². The Morgan fingerprint density at radius 2 is 1.81 bits per heavy atom. The van der Waals surface area contributed by atoms with E-state index in [1.165, 1.54) is 25.4 Å². The predicted molar refractivity (Wildman–Crippen MR) is 162 cm³/mol. The van der Waals surface area contributed by atoms with Crippen molar-refractivity contribution in [2.24, 2.45) is 11.3 Å². The van der Waals surface area contributed by atoms with E-state index in [0.717, 1.165) is 41.0 Å². The highest BCUT2D eigenvalue weighted by molar-refractivity contribution is 7.17. The molecular formula is C32H35N3O6S. The molecule has 2 unspecified atom stereocenters. The maximum absolute atomic E-state index is 13.1. The normalized spacial score (nSPS) is 15.5. The minimum absolute atomic E-state index is 0.135. The number of carbonyl (C=O) groups is 3. The summed E-state index contributed by atoms with van der Waals surface area (Å²) >= 11 is 1.40. The number of nitrogens with zero attached hydrogens (tertiary/aromatic N) is 1. The number of aromatic amines is 1. The zero-order valence-corrected chi connectivity index (χ0v) is 25.4. The summed E-state index contributed by atoms with van der Waals surface area (Å²) in [6.45, 7) is 8.17. The zero-order chi connectivity index (χ0) is 30.2. The first-order valence-electron chi connectivity index (χ1n) is 13.9. The van der Waals surface area contributed by atoms with Crippen LogP contribution in [0.1, 0.15) is 65.3 Å². The van der Waals surface area contributed by atoms with E-state index < -0.39 is 23.9 Å². The van der Waals surface area contributed by atoms with Gasteiger partial charge in [0, 0.05) is 10.4 Å². The zero-order valence-electron chi connectivity index (χ0n) is 24.6. The molecule has 0 radical (unpaired) electrons. The van der Waals surface area contributed by atoms with Crippen LogP contribution in [0.5, 0.6) is 5.75 Å². The molecular weight excluding hydrogens is 554 g/mol. The Labute approximate surface area is 248 Å². The first-order chi connectivity index (χ1) is 20.0. The minimum Gasteiger partial charge on any atom is -0.497 e. The lowest BCUT2D eigenvalue weighted by Gasteiger charge is -2.33. The Kier molecular flexibility index (Phi) is 8.10. The molecule has 1 aliphatic carbocycles. The standard InChI is InChI=1S/C32H35N3O6S/c1-17(28(36)35-29-26(31(38)40-6)22-13-10-20(32(2,3)4)16-25(22)42-29)41-30(37)19-9-14-23-24(15-19)34-27(33-23)18-7-11-21(39-5)12-8-18/h7-9,11-12,14-15,17,20H,10,13,16H2,1-6H3,(H,33,34)(H,35,36). The van der Waals surface area contributed by atoms with Gasteiger partial charge in [-0.05, 0) is 85.5 Å². The molecule has 1 aliphatic rings. The van der Waals surface area contributed by atoms with Gasteiger partial charge in [-0.3, -0.25) is 4.79 Å². The van der Waals surface area contributed by atoms with Gasteiger partial charge in [-0.1, -0.05) is 20.8 Å². The number of hydrogen-bond donors (Lipinski definition) is 2. The lowest BCUT2D eigenvalue weighted by atomic mass is 9.72. The molecule has 42 heavy (non-hydrogen) atoms. The lowest BCUT2D eigenvalue weighted by molar-refractivity contribution is -0.123. The number of H-pyrrole nitrogens is 1. The summed E-state index contributed by atoms with van der Waals surface area (Å²) in [4.78, 5) is 47.8. The molecule has 4 aromatic rings. The number of aromatic nitrogens is 2. The highest BCUT2D eigenvalue weighted by Gasteiger charge is 2.35. The van der Waals surface area contributed by atoms with Gasteiger partial charge >= 0.3 is 11.9 Å².